The number of hydrogen-bond acceptors (Lipinski definition) is 8. The van der Waals surface area contributed by atoms with Crippen LogP contribution < -0.4 is 0 Å². The first-order valence-corrected chi connectivity index (χ1v) is 26.4. The number of benzene rings is 1. The third kappa shape index (κ3) is 12.3. The van der Waals surface area contributed by atoms with Crippen molar-refractivity contribution in [2.75, 3.05) is 0 Å². The minimum atomic E-state index is -0.171. The Morgan fingerprint density at radius 2 is 0.825 bits per heavy atom. The van der Waals surface area contributed by atoms with E-state index in [1.54, 1.807) is 22.7 Å². The van der Waals surface area contributed by atoms with Gasteiger partial charge in [0.1, 0.15) is 0 Å². The summed E-state index contributed by atoms with van der Waals surface area (Å²) in [6.45, 7) is 4.57. The predicted molar refractivity (Wildman–Crippen MR) is 250 cm³/mol. The van der Waals surface area contributed by atoms with Crippen LogP contribution in [0.5, 0.6) is 0 Å². The molecule has 6 aromatic rings. The Labute approximate surface area is 364 Å². The average molecular weight is 898 g/mol. The second-order valence-electron chi connectivity index (χ2n) is 15.5. The minimum absolute atomic E-state index is 0.171. The van der Waals surface area contributed by atoms with Crippen LogP contribution in [-0.2, 0) is 12.8 Å². The van der Waals surface area contributed by atoms with Crippen molar-refractivity contribution < 1.29 is 0 Å². The molecule has 4 nitrogen and oxygen atoms in total. The first-order valence-electron chi connectivity index (χ1n) is 21.7. The second-order valence-corrected chi connectivity index (χ2v) is 20.8. The van der Waals surface area contributed by atoms with Crippen LogP contribution >= 0.6 is 45.3 Å². The maximum absolute atomic E-state index is 9.62. The molecule has 300 valence electrons. The Bertz CT molecular complexity index is 2050. The summed E-state index contributed by atoms with van der Waals surface area (Å²) in [6.07, 6.45) is 28.8. The van der Waals surface area contributed by atoms with Crippen molar-refractivity contribution in [2.24, 2.45) is 0 Å². The number of rotatable bonds is 26. The molecular weight excluding hydrogens is 840 g/mol. The van der Waals surface area contributed by atoms with E-state index in [9.17, 15) is 10.5 Å². The van der Waals surface area contributed by atoms with Gasteiger partial charge in [0, 0.05) is 0 Å². The monoisotopic (exact) mass is 898 g/mol. The normalized spacial score (nSPS) is 11.4. The first-order chi connectivity index (χ1) is 28.1. The van der Waals surface area contributed by atoms with E-state index in [2.05, 4.69) is 62.4 Å². The van der Waals surface area contributed by atoms with Gasteiger partial charge in [-0.3, -0.25) is 0 Å². The van der Waals surface area contributed by atoms with Crippen molar-refractivity contribution in [1.82, 2.24) is 7.96 Å². The van der Waals surface area contributed by atoms with Crippen LogP contribution in [0.4, 0.5) is 0 Å². The topological polar surface area (TPSA) is 73.4 Å². The molecule has 0 aliphatic rings. The SMILES string of the molecule is CCCCCCCCCCCCc1cc(-c2ccc(-c3cc(CCCCCCCCCCCC)c(-c4ccc(C#N)s4)s3)c3n[se]nc23)sc1-c1ccc(C#N)s1. The van der Waals surface area contributed by atoms with E-state index in [1.807, 2.05) is 34.8 Å². The van der Waals surface area contributed by atoms with Gasteiger partial charge in [-0.25, -0.2) is 0 Å². The van der Waals surface area contributed by atoms with Crippen LogP contribution in [0.25, 0.3) is 51.4 Å². The van der Waals surface area contributed by atoms with Gasteiger partial charge < -0.3 is 0 Å². The van der Waals surface area contributed by atoms with Gasteiger partial charge in [0.05, 0.1) is 0 Å². The number of nitrogens with zero attached hydrogens (tertiary/aromatic N) is 4. The molecule has 0 aliphatic carbocycles. The van der Waals surface area contributed by atoms with E-state index < -0.39 is 0 Å². The third-order valence-electron chi connectivity index (χ3n) is 11.0. The zero-order valence-electron chi connectivity index (χ0n) is 34.0. The number of unbranched alkanes of at least 4 members (excludes halogenated alkanes) is 18. The van der Waals surface area contributed by atoms with Gasteiger partial charge >= 0.3 is 289 Å². The molecule has 0 spiro atoms. The van der Waals surface area contributed by atoms with Crippen LogP contribution in [0.1, 0.15) is 163 Å². The molecule has 5 aromatic heterocycles. The number of aromatic nitrogens is 2. The zero-order valence-corrected chi connectivity index (χ0v) is 39.0. The van der Waals surface area contributed by atoms with Crippen LogP contribution in [0.15, 0.2) is 48.5 Å². The second kappa shape index (κ2) is 23.6. The van der Waals surface area contributed by atoms with Crippen molar-refractivity contribution in [3.05, 3.63) is 69.4 Å². The van der Waals surface area contributed by atoms with E-state index >= 15 is 0 Å². The van der Waals surface area contributed by atoms with E-state index in [0.29, 0.717) is 0 Å². The Morgan fingerprint density at radius 1 is 0.456 bits per heavy atom. The van der Waals surface area contributed by atoms with Gasteiger partial charge in [-0.2, -0.15) is 0 Å². The first kappa shape index (κ1) is 43.7. The molecule has 9 heteroatoms. The van der Waals surface area contributed by atoms with Crippen LogP contribution in [0.2, 0.25) is 0 Å². The number of fused-ring (bicyclic) bond motifs is 1. The Hall–Kier alpha value is -2.88. The van der Waals surface area contributed by atoms with Crippen LogP contribution in [0.3, 0.4) is 0 Å². The summed E-state index contributed by atoms with van der Waals surface area (Å²) in [4.78, 5) is 9.01. The van der Waals surface area contributed by atoms with Gasteiger partial charge in [0.2, 0.25) is 0 Å². The molecule has 6 rings (SSSR count). The Kier molecular flexibility index (Phi) is 18.1. The third-order valence-corrected chi connectivity index (χ3v) is 16.9. The van der Waals surface area contributed by atoms with Crippen molar-refractivity contribution in [2.45, 2.75) is 155 Å². The summed E-state index contributed by atoms with van der Waals surface area (Å²) in [7, 11) is 0. The fraction of sp³-hybridized carbons (Fsp3) is 0.500. The van der Waals surface area contributed by atoms with E-state index in [1.165, 1.54) is 180 Å². The zero-order chi connectivity index (χ0) is 39.7. The van der Waals surface area contributed by atoms with Gasteiger partial charge in [0.15, 0.2) is 0 Å². The molecule has 1 aromatic carbocycles. The van der Waals surface area contributed by atoms with E-state index in [-0.39, 0.29) is 15.0 Å². The van der Waals surface area contributed by atoms with E-state index in [4.69, 9.17) is 7.96 Å². The molecule has 0 unspecified atom stereocenters. The van der Waals surface area contributed by atoms with Crippen LogP contribution in [0, 0.1) is 22.7 Å². The van der Waals surface area contributed by atoms with Gasteiger partial charge in [-0.1, -0.05) is 78.1 Å². The molecule has 57 heavy (non-hydrogen) atoms. The molecule has 0 aliphatic heterocycles. The summed E-state index contributed by atoms with van der Waals surface area (Å²) in [5.41, 5.74) is 7.20. The Balaban J connectivity index is 1.18. The van der Waals surface area contributed by atoms with Crippen molar-refractivity contribution in [3.8, 4) is 52.5 Å². The van der Waals surface area contributed by atoms with Gasteiger partial charge in [0.25, 0.3) is 0 Å². The molecule has 0 N–H and O–H groups in total. The fourth-order valence-corrected chi connectivity index (χ4v) is 13.4. The molecule has 0 fully saturated rings. The standard InChI is InChI=1S/C48H58N4S4Se/c1-3-5-7-9-11-13-15-17-19-21-23-35-31-43(55-47(35)41-29-25-37(33-49)53-41)39-27-28-40(46-45(39)51-57-52-46)44-32-36(48(56-44)42-30-26-38(34-50)54-42)24-22-20-18-16-14-12-10-8-6-4-2/h25-32H,3-24H2,1-2H3. The van der Waals surface area contributed by atoms with Crippen molar-refractivity contribution in [3.63, 3.8) is 0 Å². The fourth-order valence-electron chi connectivity index (χ4n) is 7.82. The number of thiophene rings is 4. The van der Waals surface area contributed by atoms with Crippen molar-refractivity contribution in [1.29, 1.82) is 10.5 Å². The Morgan fingerprint density at radius 3 is 1.18 bits per heavy atom. The number of hydrogen-bond donors (Lipinski definition) is 0. The molecular formula is C48H58N4S4Se. The maximum atomic E-state index is 9.62. The molecule has 0 bridgehead atoms. The molecule has 0 saturated heterocycles. The predicted octanol–water partition coefficient (Wildman–Crippen LogP) is 16.3. The van der Waals surface area contributed by atoms with E-state index in [0.717, 1.165) is 33.6 Å². The molecule has 0 atom stereocenters. The number of nitriles is 2. The van der Waals surface area contributed by atoms with Gasteiger partial charge in [-0.05, 0) is 0 Å². The number of aryl methyl sites for hydroxylation is 2. The molecule has 5 heterocycles. The summed E-state index contributed by atoms with van der Waals surface area (Å²) in [5, 5.41) is 19.2. The molecule has 0 amide bonds. The van der Waals surface area contributed by atoms with Crippen molar-refractivity contribution >= 4 is 71.3 Å². The van der Waals surface area contributed by atoms with Crippen LogP contribution in [-0.4, -0.2) is 22.9 Å². The molecule has 0 radical (unpaired) electrons. The molecule has 0 saturated carbocycles. The average Bonchev–Trinajstić information content (AvgIpc) is 4.09. The summed E-state index contributed by atoms with van der Waals surface area (Å²) in [5.74, 6) is 0. The quantitative estimate of drug-likeness (QED) is 0.0402. The summed E-state index contributed by atoms with van der Waals surface area (Å²) in [6, 6.07) is 22.3. The van der Waals surface area contributed by atoms with Gasteiger partial charge in [-0.15, -0.1) is 0 Å². The summed E-state index contributed by atoms with van der Waals surface area (Å²) >= 11 is 6.74. The summed E-state index contributed by atoms with van der Waals surface area (Å²) < 4.78 is 10.1.